The molecule has 0 spiro atoms. The number of hydrogen-bond acceptors (Lipinski definition) is 4. The SMILES string of the molecule is CC#N.CC(=O)Nc1ncc(CCl)s1. The zero-order chi connectivity index (χ0) is 11.0. The Hall–Kier alpha value is -1.12. The van der Waals surface area contributed by atoms with Gasteiger partial charge in [-0.05, 0) is 0 Å². The Morgan fingerprint density at radius 1 is 1.86 bits per heavy atom. The standard InChI is InChI=1S/C6H7ClN2OS.C2H3N/c1-4(10)9-6-8-3-5(2-7)11-6;1-2-3/h3H,2H2,1H3,(H,8,9,10);1H3. The molecule has 1 amide bonds. The number of amides is 1. The molecule has 1 N–H and O–H groups in total. The number of thiazole rings is 1. The van der Waals surface area contributed by atoms with Crippen LogP contribution >= 0.6 is 22.9 Å². The van der Waals surface area contributed by atoms with Gasteiger partial charge >= 0.3 is 0 Å². The molecule has 0 saturated heterocycles. The summed E-state index contributed by atoms with van der Waals surface area (Å²) in [6, 6.07) is 1.75. The van der Waals surface area contributed by atoms with Crippen molar-refractivity contribution in [3.63, 3.8) is 0 Å². The average Bonchev–Trinajstić information content (AvgIpc) is 2.52. The highest BCUT2D eigenvalue weighted by Crippen LogP contribution is 2.18. The third kappa shape index (κ3) is 5.51. The fourth-order valence-electron chi connectivity index (χ4n) is 0.578. The molecule has 4 nitrogen and oxygen atoms in total. The van der Waals surface area contributed by atoms with E-state index in [1.165, 1.54) is 25.2 Å². The van der Waals surface area contributed by atoms with E-state index in [0.717, 1.165) is 4.88 Å². The summed E-state index contributed by atoms with van der Waals surface area (Å²) in [5, 5.41) is 10.5. The number of nitrogens with zero attached hydrogens (tertiary/aromatic N) is 2. The topological polar surface area (TPSA) is 65.8 Å². The van der Waals surface area contributed by atoms with Crippen molar-refractivity contribution in [1.82, 2.24) is 4.98 Å². The van der Waals surface area contributed by atoms with E-state index in [9.17, 15) is 4.79 Å². The first kappa shape index (κ1) is 12.9. The fourth-order valence-corrected chi connectivity index (χ4v) is 1.52. The lowest BCUT2D eigenvalue weighted by atomic mass is 10.6. The van der Waals surface area contributed by atoms with Crippen molar-refractivity contribution in [3.8, 4) is 6.07 Å². The number of aromatic nitrogens is 1. The van der Waals surface area contributed by atoms with Crippen LogP contribution in [0.15, 0.2) is 6.20 Å². The van der Waals surface area contributed by atoms with Crippen molar-refractivity contribution in [3.05, 3.63) is 11.1 Å². The number of rotatable bonds is 2. The molecule has 1 heterocycles. The summed E-state index contributed by atoms with van der Waals surface area (Å²) in [5.74, 6) is 0.331. The summed E-state index contributed by atoms with van der Waals surface area (Å²) < 4.78 is 0. The van der Waals surface area contributed by atoms with E-state index in [-0.39, 0.29) is 5.91 Å². The van der Waals surface area contributed by atoms with Crippen LogP contribution in [-0.2, 0) is 10.7 Å². The minimum Gasteiger partial charge on any atom is -0.302 e. The highest BCUT2D eigenvalue weighted by atomic mass is 35.5. The Morgan fingerprint density at radius 3 is 2.79 bits per heavy atom. The zero-order valence-corrected chi connectivity index (χ0v) is 9.45. The van der Waals surface area contributed by atoms with Crippen LogP contribution in [0.25, 0.3) is 0 Å². The van der Waals surface area contributed by atoms with Crippen molar-refractivity contribution in [2.24, 2.45) is 0 Å². The second kappa shape index (κ2) is 7.30. The number of nitriles is 1. The van der Waals surface area contributed by atoms with Gasteiger partial charge < -0.3 is 5.32 Å². The maximum atomic E-state index is 10.5. The fraction of sp³-hybridized carbons (Fsp3) is 0.375. The molecule has 0 aliphatic heterocycles. The van der Waals surface area contributed by atoms with Crippen LogP contribution < -0.4 is 5.32 Å². The smallest absolute Gasteiger partial charge is 0.223 e. The van der Waals surface area contributed by atoms with E-state index in [1.807, 2.05) is 0 Å². The highest BCUT2D eigenvalue weighted by Gasteiger charge is 2.00. The molecule has 1 aromatic rings. The maximum Gasteiger partial charge on any atom is 0.223 e. The normalized spacial score (nSPS) is 8.14. The van der Waals surface area contributed by atoms with Crippen molar-refractivity contribution in [1.29, 1.82) is 5.26 Å². The molecule has 0 unspecified atom stereocenters. The molecule has 6 heteroatoms. The van der Waals surface area contributed by atoms with Crippen LogP contribution in [0.5, 0.6) is 0 Å². The summed E-state index contributed by atoms with van der Waals surface area (Å²) >= 11 is 6.92. The summed E-state index contributed by atoms with van der Waals surface area (Å²) in [6.45, 7) is 2.88. The second-order valence-electron chi connectivity index (χ2n) is 2.17. The van der Waals surface area contributed by atoms with Crippen molar-refractivity contribution < 1.29 is 4.79 Å². The zero-order valence-electron chi connectivity index (χ0n) is 7.87. The molecule has 1 rings (SSSR count). The quantitative estimate of drug-likeness (QED) is 0.795. The minimum absolute atomic E-state index is 0.111. The molecule has 1 aromatic heterocycles. The Labute approximate surface area is 91.5 Å². The summed E-state index contributed by atoms with van der Waals surface area (Å²) in [4.78, 5) is 15.4. The van der Waals surface area contributed by atoms with Gasteiger partial charge in [0.15, 0.2) is 5.13 Å². The van der Waals surface area contributed by atoms with Gasteiger partial charge in [-0.25, -0.2) is 4.98 Å². The molecule has 76 valence electrons. The van der Waals surface area contributed by atoms with Crippen molar-refractivity contribution in [2.45, 2.75) is 19.7 Å². The van der Waals surface area contributed by atoms with Crippen molar-refractivity contribution >= 4 is 34.0 Å². The number of carbonyl (C=O) groups excluding carboxylic acids is 1. The molecule has 0 aromatic carbocycles. The predicted molar refractivity (Wildman–Crippen MR) is 57.3 cm³/mol. The first-order chi connectivity index (χ1) is 6.63. The first-order valence-corrected chi connectivity index (χ1v) is 5.08. The molecule has 0 bridgehead atoms. The average molecular weight is 232 g/mol. The number of nitrogens with one attached hydrogen (secondary N) is 1. The van der Waals surface area contributed by atoms with Crippen molar-refractivity contribution in [2.75, 3.05) is 5.32 Å². The molecule has 0 aliphatic rings. The van der Waals surface area contributed by atoms with Gasteiger partial charge in [0.25, 0.3) is 0 Å². The highest BCUT2D eigenvalue weighted by molar-refractivity contribution is 7.15. The number of halogens is 1. The Bertz CT molecular complexity index is 332. The number of carbonyl (C=O) groups is 1. The van der Waals surface area contributed by atoms with E-state index in [1.54, 1.807) is 12.3 Å². The van der Waals surface area contributed by atoms with E-state index in [4.69, 9.17) is 16.9 Å². The minimum atomic E-state index is -0.111. The monoisotopic (exact) mass is 231 g/mol. The lowest BCUT2D eigenvalue weighted by Crippen LogP contribution is -2.04. The molecule has 0 saturated carbocycles. The van der Waals surface area contributed by atoms with Crippen LogP contribution in [0.2, 0.25) is 0 Å². The number of anilines is 1. The number of alkyl halides is 1. The van der Waals surface area contributed by atoms with Crippen LogP contribution in [0, 0.1) is 11.3 Å². The molecule has 14 heavy (non-hydrogen) atoms. The largest absolute Gasteiger partial charge is 0.302 e. The van der Waals surface area contributed by atoms with Crippen LogP contribution in [0.4, 0.5) is 5.13 Å². The summed E-state index contributed by atoms with van der Waals surface area (Å²) in [5.41, 5.74) is 0. The Kier molecular flexibility index (Phi) is 6.72. The van der Waals surface area contributed by atoms with E-state index in [2.05, 4.69) is 10.3 Å². The molecular weight excluding hydrogens is 222 g/mol. The third-order valence-electron chi connectivity index (χ3n) is 0.968. The molecular formula is C8H10ClN3OS. The van der Waals surface area contributed by atoms with Gasteiger partial charge in [-0.2, -0.15) is 5.26 Å². The lowest BCUT2D eigenvalue weighted by molar-refractivity contribution is -0.114. The summed E-state index contributed by atoms with van der Waals surface area (Å²) in [7, 11) is 0. The van der Waals surface area contributed by atoms with E-state index < -0.39 is 0 Å². The van der Waals surface area contributed by atoms with Gasteiger partial charge in [-0.3, -0.25) is 4.79 Å². The van der Waals surface area contributed by atoms with Gasteiger partial charge in [0, 0.05) is 24.9 Å². The lowest BCUT2D eigenvalue weighted by Gasteiger charge is -1.91. The predicted octanol–water partition coefficient (Wildman–Crippen LogP) is 2.37. The number of hydrogen-bond donors (Lipinski definition) is 1. The van der Waals surface area contributed by atoms with Gasteiger partial charge in [-0.1, -0.05) is 0 Å². The third-order valence-corrected chi connectivity index (χ3v) is 2.33. The maximum absolute atomic E-state index is 10.5. The van der Waals surface area contributed by atoms with Gasteiger partial charge in [0.2, 0.25) is 5.91 Å². The van der Waals surface area contributed by atoms with Gasteiger partial charge in [0.1, 0.15) is 0 Å². The molecule has 0 radical (unpaired) electrons. The van der Waals surface area contributed by atoms with E-state index >= 15 is 0 Å². The van der Waals surface area contributed by atoms with Gasteiger partial charge in [0.05, 0.1) is 11.9 Å². The van der Waals surface area contributed by atoms with Crippen LogP contribution in [0.1, 0.15) is 18.7 Å². The molecule has 0 atom stereocenters. The summed E-state index contributed by atoms with van der Waals surface area (Å²) in [6.07, 6.45) is 1.66. The Morgan fingerprint density at radius 2 is 2.43 bits per heavy atom. The van der Waals surface area contributed by atoms with E-state index in [0.29, 0.717) is 11.0 Å². The second-order valence-corrected chi connectivity index (χ2v) is 3.55. The molecule has 0 aliphatic carbocycles. The molecule has 0 fully saturated rings. The first-order valence-electron chi connectivity index (χ1n) is 3.73. The van der Waals surface area contributed by atoms with Crippen LogP contribution in [0.3, 0.4) is 0 Å². The van der Waals surface area contributed by atoms with Gasteiger partial charge in [-0.15, -0.1) is 22.9 Å². The van der Waals surface area contributed by atoms with Crippen LogP contribution in [-0.4, -0.2) is 10.9 Å². The Balaban J connectivity index is 0.000000500.